The third kappa shape index (κ3) is 4.18. The fourth-order valence-corrected chi connectivity index (χ4v) is 1.67. The van der Waals surface area contributed by atoms with Gasteiger partial charge in [-0.1, -0.05) is 6.07 Å². The molecule has 0 aliphatic heterocycles. The van der Waals surface area contributed by atoms with Crippen LogP contribution in [-0.2, 0) is 17.8 Å². The van der Waals surface area contributed by atoms with E-state index < -0.39 is 0 Å². The average molecular weight is 259 g/mol. The fraction of sp³-hybridized carbons (Fsp3) is 0.308. The van der Waals surface area contributed by atoms with Crippen molar-refractivity contribution in [3.05, 3.63) is 42.0 Å². The largest absolute Gasteiger partial charge is 0.384 e. The zero-order valence-corrected chi connectivity index (χ0v) is 10.8. The lowest BCUT2D eigenvalue weighted by molar-refractivity contribution is 0.178. The number of nitrogens with zero attached hydrogens (tertiary/aromatic N) is 3. The van der Waals surface area contributed by atoms with Crippen LogP contribution in [0.25, 0.3) is 0 Å². The second kappa shape index (κ2) is 6.65. The molecule has 0 saturated carbocycles. The first-order valence-corrected chi connectivity index (χ1v) is 6.04. The fourth-order valence-electron chi connectivity index (χ4n) is 1.67. The Balaban J connectivity index is 1.92. The molecule has 100 valence electrons. The van der Waals surface area contributed by atoms with E-state index in [2.05, 4.69) is 20.3 Å². The van der Waals surface area contributed by atoms with Gasteiger partial charge in [0.15, 0.2) is 5.82 Å². The summed E-state index contributed by atoms with van der Waals surface area (Å²) >= 11 is 0. The number of nitrogens with one attached hydrogen (secondary N) is 1. The molecule has 0 saturated heterocycles. The quantitative estimate of drug-likeness (QED) is 0.812. The van der Waals surface area contributed by atoms with Gasteiger partial charge in [0, 0.05) is 38.0 Å². The van der Waals surface area contributed by atoms with Crippen molar-refractivity contribution in [3.63, 3.8) is 0 Å². The summed E-state index contributed by atoms with van der Waals surface area (Å²) in [5, 5.41) is 3.21. The molecule has 0 aromatic carbocycles. The zero-order valence-electron chi connectivity index (χ0n) is 10.8. The number of nitrogens with two attached hydrogens (primary N) is 1. The lowest BCUT2D eigenvalue weighted by Crippen LogP contribution is -2.10. The maximum Gasteiger partial charge on any atom is 0.158 e. The Morgan fingerprint density at radius 3 is 2.95 bits per heavy atom. The molecule has 6 nitrogen and oxygen atoms in total. The molecule has 6 heteroatoms. The van der Waals surface area contributed by atoms with Crippen LogP contribution in [0.3, 0.4) is 0 Å². The number of hydrogen-bond donors (Lipinski definition) is 2. The van der Waals surface area contributed by atoms with Crippen molar-refractivity contribution in [2.75, 3.05) is 24.7 Å². The maximum absolute atomic E-state index is 5.71. The first-order valence-electron chi connectivity index (χ1n) is 6.04. The highest BCUT2D eigenvalue weighted by molar-refractivity contribution is 5.44. The van der Waals surface area contributed by atoms with Crippen molar-refractivity contribution in [2.24, 2.45) is 0 Å². The van der Waals surface area contributed by atoms with Gasteiger partial charge in [0.2, 0.25) is 0 Å². The van der Waals surface area contributed by atoms with Crippen LogP contribution in [0, 0.1) is 0 Å². The minimum atomic E-state index is 0.347. The molecule has 0 unspecified atom stereocenters. The van der Waals surface area contributed by atoms with Crippen LogP contribution in [0.2, 0.25) is 0 Å². The van der Waals surface area contributed by atoms with Gasteiger partial charge >= 0.3 is 0 Å². The molecule has 0 fully saturated rings. The molecule has 2 heterocycles. The number of pyridine rings is 1. The third-order valence-corrected chi connectivity index (χ3v) is 2.48. The smallest absolute Gasteiger partial charge is 0.158 e. The predicted octanol–water partition coefficient (Wildman–Crippen LogP) is 1.25. The summed E-state index contributed by atoms with van der Waals surface area (Å²) in [4.78, 5) is 12.6. The molecular weight excluding hydrogens is 242 g/mol. The molecule has 19 heavy (non-hydrogen) atoms. The highest BCUT2D eigenvalue weighted by Gasteiger charge is 2.02. The predicted molar refractivity (Wildman–Crippen MR) is 73.6 cm³/mol. The Kier molecular flexibility index (Phi) is 4.63. The van der Waals surface area contributed by atoms with E-state index in [0.717, 1.165) is 18.7 Å². The Morgan fingerprint density at radius 1 is 1.32 bits per heavy atom. The highest BCUT2D eigenvalue weighted by atomic mass is 16.5. The number of hydrogen-bond acceptors (Lipinski definition) is 6. The van der Waals surface area contributed by atoms with Gasteiger partial charge < -0.3 is 15.8 Å². The third-order valence-electron chi connectivity index (χ3n) is 2.48. The Labute approximate surface area is 112 Å². The maximum atomic E-state index is 5.71. The Hall–Kier alpha value is -2.21. The van der Waals surface area contributed by atoms with Gasteiger partial charge in [-0.15, -0.1) is 0 Å². The normalized spacial score (nSPS) is 10.4. The minimum absolute atomic E-state index is 0.347. The van der Waals surface area contributed by atoms with E-state index in [4.69, 9.17) is 10.5 Å². The Morgan fingerprint density at radius 2 is 2.21 bits per heavy atom. The first kappa shape index (κ1) is 13.2. The molecule has 2 aromatic rings. The van der Waals surface area contributed by atoms with Gasteiger partial charge in [-0.2, -0.15) is 0 Å². The van der Waals surface area contributed by atoms with Crippen LogP contribution >= 0.6 is 0 Å². The lowest BCUT2D eigenvalue weighted by Gasteiger charge is -2.07. The SMILES string of the molecule is COCc1nc(N)cc(NCCc2ccccn2)n1. The van der Waals surface area contributed by atoms with Crippen molar-refractivity contribution in [1.29, 1.82) is 0 Å². The second-order valence-electron chi connectivity index (χ2n) is 4.03. The highest BCUT2D eigenvalue weighted by Crippen LogP contribution is 2.09. The molecule has 3 N–H and O–H groups in total. The van der Waals surface area contributed by atoms with E-state index in [1.165, 1.54) is 0 Å². The van der Waals surface area contributed by atoms with Crippen LogP contribution in [0.1, 0.15) is 11.5 Å². The van der Waals surface area contributed by atoms with Gasteiger partial charge in [0.1, 0.15) is 18.2 Å². The number of rotatable bonds is 6. The molecule has 0 spiro atoms. The van der Waals surface area contributed by atoms with Gasteiger partial charge in [-0.25, -0.2) is 9.97 Å². The average Bonchev–Trinajstić information content (AvgIpc) is 2.40. The van der Waals surface area contributed by atoms with Crippen molar-refractivity contribution < 1.29 is 4.74 Å². The van der Waals surface area contributed by atoms with E-state index in [1.54, 1.807) is 19.4 Å². The second-order valence-corrected chi connectivity index (χ2v) is 4.03. The summed E-state index contributed by atoms with van der Waals surface area (Å²) < 4.78 is 4.99. The molecule has 0 bridgehead atoms. The van der Waals surface area contributed by atoms with E-state index in [9.17, 15) is 0 Å². The molecule has 0 amide bonds. The summed E-state index contributed by atoms with van der Waals surface area (Å²) in [5.41, 5.74) is 6.75. The monoisotopic (exact) mass is 259 g/mol. The van der Waals surface area contributed by atoms with E-state index >= 15 is 0 Å². The van der Waals surface area contributed by atoms with E-state index in [-0.39, 0.29) is 0 Å². The summed E-state index contributed by atoms with van der Waals surface area (Å²) in [6.45, 7) is 1.08. The van der Waals surface area contributed by atoms with Crippen LogP contribution in [0.5, 0.6) is 0 Å². The number of anilines is 2. The number of methoxy groups -OCH3 is 1. The lowest BCUT2D eigenvalue weighted by atomic mass is 10.3. The zero-order chi connectivity index (χ0) is 13.5. The number of ether oxygens (including phenoxy) is 1. The van der Waals surface area contributed by atoms with Gasteiger partial charge in [0.25, 0.3) is 0 Å². The van der Waals surface area contributed by atoms with Crippen LogP contribution < -0.4 is 11.1 Å². The first-order chi connectivity index (χ1) is 9.28. The van der Waals surface area contributed by atoms with Crippen molar-refractivity contribution in [1.82, 2.24) is 15.0 Å². The summed E-state index contributed by atoms with van der Waals surface area (Å²) in [6, 6.07) is 7.57. The molecule has 0 radical (unpaired) electrons. The van der Waals surface area contributed by atoms with E-state index in [1.807, 2.05) is 18.2 Å². The Bertz CT molecular complexity index is 518. The van der Waals surface area contributed by atoms with Crippen LogP contribution in [-0.4, -0.2) is 28.6 Å². The van der Waals surface area contributed by atoms with Gasteiger partial charge in [-0.3, -0.25) is 4.98 Å². The molecule has 2 aromatic heterocycles. The van der Waals surface area contributed by atoms with Crippen LogP contribution in [0.4, 0.5) is 11.6 Å². The topological polar surface area (TPSA) is 86.0 Å². The molecular formula is C13H17N5O. The minimum Gasteiger partial charge on any atom is -0.384 e. The van der Waals surface area contributed by atoms with Gasteiger partial charge in [0.05, 0.1) is 0 Å². The summed E-state index contributed by atoms with van der Waals surface area (Å²) in [6.07, 6.45) is 2.61. The van der Waals surface area contributed by atoms with Crippen molar-refractivity contribution in [3.8, 4) is 0 Å². The van der Waals surface area contributed by atoms with Crippen molar-refractivity contribution in [2.45, 2.75) is 13.0 Å². The number of nitrogen functional groups attached to an aromatic ring is 1. The van der Waals surface area contributed by atoms with Crippen LogP contribution in [0.15, 0.2) is 30.5 Å². The van der Waals surface area contributed by atoms with E-state index in [0.29, 0.717) is 24.1 Å². The summed E-state index contributed by atoms with van der Waals surface area (Å²) in [5.74, 6) is 1.71. The van der Waals surface area contributed by atoms with Gasteiger partial charge in [-0.05, 0) is 12.1 Å². The number of aromatic nitrogens is 3. The molecule has 0 aliphatic carbocycles. The molecule has 0 atom stereocenters. The molecule has 2 rings (SSSR count). The molecule has 0 aliphatic rings. The standard InChI is InChI=1S/C13H17N5O/c1-19-9-13-17-11(14)8-12(18-13)16-7-5-10-4-2-3-6-15-10/h2-4,6,8H,5,7,9H2,1H3,(H3,14,16,17,18). The summed E-state index contributed by atoms with van der Waals surface area (Å²) in [7, 11) is 1.60. The van der Waals surface area contributed by atoms with Crippen molar-refractivity contribution >= 4 is 11.6 Å².